The lowest BCUT2D eigenvalue weighted by Crippen LogP contribution is -2.46. The Bertz CT molecular complexity index is 1150. The van der Waals surface area contributed by atoms with E-state index in [-0.39, 0.29) is 6.03 Å². The minimum absolute atomic E-state index is 0.216. The van der Waals surface area contributed by atoms with E-state index in [0.717, 1.165) is 28.0 Å². The molecule has 3 aromatic rings. The summed E-state index contributed by atoms with van der Waals surface area (Å²) in [7, 11) is 1.61. The molecule has 1 aromatic heterocycles. The third kappa shape index (κ3) is 3.94. The number of urea groups is 1. The zero-order valence-electron chi connectivity index (χ0n) is 17.8. The fraction of sp³-hybridized carbons (Fsp3) is 0.208. The number of amides is 2. The third-order valence-electron chi connectivity index (χ3n) is 5.30. The molecule has 2 amide bonds. The molecule has 4 rings (SSSR count). The fourth-order valence-electron chi connectivity index (χ4n) is 3.63. The monoisotopic (exact) mass is 416 g/mol. The van der Waals surface area contributed by atoms with Crippen molar-refractivity contribution in [2.24, 2.45) is 0 Å². The molecule has 7 heteroatoms. The summed E-state index contributed by atoms with van der Waals surface area (Å²) in [6.45, 7) is 8.03. The zero-order chi connectivity index (χ0) is 22.0. The van der Waals surface area contributed by atoms with E-state index in [2.05, 4.69) is 22.0 Å². The second-order valence-corrected chi connectivity index (χ2v) is 7.35. The number of hydrogen-bond donors (Lipinski definition) is 1. The van der Waals surface area contributed by atoms with Crippen LogP contribution in [0.2, 0.25) is 0 Å². The average Bonchev–Trinajstić information content (AvgIpc) is 3.26. The van der Waals surface area contributed by atoms with Gasteiger partial charge in [-0.3, -0.25) is 4.90 Å². The molecule has 0 aliphatic carbocycles. The Balaban J connectivity index is 1.82. The SMILES string of the molecule is C=CCN1C(=O)NC(c2cccc(OC)c2)C(c2nc(-c3ccc(C)cc3)no2)=C1C. The predicted molar refractivity (Wildman–Crippen MR) is 118 cm³/mol. The number of allylic oxidation sites excluding steroid dienone is 1. The molecule has 158 valence electrons. The lowest BCUT2D eigenvalue weighted by atomic mass is 9.94. The van der Waals surface area contributed by atoms with Gasteiger partial charge in [-0.2, -0.15) is 4.98 Å². The summed E-state index contributed by atoms with van der Waals surface area (Å²) in [6.07, 6.45) is 1.68. The maximum Gasteiger partial charge on any atom is 0.322 e. The Morgan fingerprint density at radius 2 is 2.00 bits per heavy atom. The Labute approximate surface area is 181 Å². The third-order valence-corrected chi connectivity index (χ3v) is 5.30. The van der Waals surface area contributed by atoms with Crippen LogP contribution in [0.15, 0.2) is 71.4 Å². The molecule has 2 heterocycles. The Morgan fingerprint density at radius 3 is 2.71 bits per heavy atom. The molecule has 31 heavy (non-hydrogen) atoms. The first kappa shape index (κ1) is 20.4. The van der Waals surface area contributed by atoms with Gasteiger partial charge >= 0.3 is 6.03 Å². The summed E-state index contributed by atoms with van der Waals surface area (Å²) in [5.74, 6) is 1.55. The van der Waals surface area contributed by atoms with Crippen molar-refractivity contribution in [3.63, 3.8) is 0 Å². The van der Waals surface area contributed by atoms with Gasteiger partial charge in [0.05, 0.1) is 18.7 Å². The van der Waals surface area contributed by atoms with Crippen molar-refractivity contribution in [1.82, 2.24) is 20.4 Å². The van der Waals surface area contributed by atoms with Gasteiger partial charge in [0.1, 0.15) is 5.75 Å². The van der Waals surface area contributed by atoms with Crippen molar-refractivity contribution < 1.29 is 14.1 Å². The summed E-state index contributed by atoms with van der Waals surface area (Å²) >= 11 is 0. The van der Waals surface area contributed by atoms with Crippen molar-refractivity contribution in [2.45, 2.75) is 19.9 Å². The van der Waals surface area contributed by atoms with Crippen molar-refractivity contribution in [1.29, 1.82) is 0 Å². The van der Waals surface area contributed by atoms with Gasteiger partial charge in [0.25, 0.3) is 5.89 Å². The summed E-state index contributed by atoms with van der Waals surface area (Å²) in [6, 6.07) is 14.8. The number of carbonyl (C=O) groups excluding carboxylic acids is 1. The zero-order valence-corrected chi connectivity index (χ0v) is 17.8. The van der Waals surface area contributed by atoms with E-state index in [9.17, 15) is 4.79 Å². The molecule has 0 saturated heterocycles. The van der Waals surface area contributed by atoms with Gasteiger partial charge in [0.15, 0.2) is 0 Å². The molecule has 0 radical (unpaired) electrons. The van der Waals surface area contributed by atoms with Crippen LogP contribution in [0.1, 0.15) is 30.0 Å². The molecule has 0 saturated carbocycles. The quantitative estimate of drug-likeness (QED) is 0.587. The largest absolute Gasteiger partial charge is 0.497 e. The van der Waals surface area contributed by atoms with Crippen molar-refractivity contribution in [2.75, 3.05) is 13.7 Å². The minimum Gasteiger partial charge on any atom is -0.497 e. The van der Waals surface area contributed by atoms with Crippen LogP contribution in [0.3, 0.4) is 0 Å². The Hall–Kier alpha value is -3.87. The first-order chi connectivity index (χ1) is 15.0. The highest BCUT2D eigenvalue weighted by molar-refractivity contribution is 5.87. The number of nitrogens with one attached hydrogen (secondary N) is 1. The molecular weight excluding hydrogens is 392 g/mol. The summed E-state index contributed by atoms with van der Waals surface area (Å²) in [5, 5.41) is 7.23. The summed E-state index contributed by atoms with van der Waals surface area (Å²) in [5.41, 5.74) is 4.34. The number of aryl methyl sites for hydroxylation is 1. The van der Waals surface area contributed by atoms with Gasteiger partial charge in [0, 0.05) is 17.8 Å². The molecule has 7 nitrogen and oxygen atoms in total. The molecule has 1 aliphatic heterocycles. The van der Waals surface area contributed by atoms with E-state index in [1.54, 1.807) is 18.1 Å². The standard InChI is InChI=1S/C24H24N4O3/c1-5-13-28-16(3)20(21(25-24(28)29)18-7-6-8-19(14-18)30-4)23-26-22(27-31-23)17-11-9-15(2)10-12-17/h5-12,14,21H,1,13H2,2-4H3,(H,25,29). The number of carbonyl (C=O) groups is 1. The maximum absolute atomic E-state index is 12.8. The molecule has 1 N–H and O–H groups in total. The van der Waals surface area contributed by atoms with Gasteiger partial charge in [-0.25, -0.2) is 4.79 Å². The molecule has 0 bridgehead atoms. The Morgan fingerprint density at radius 1 is 1.23 bits per heavy atom. The molecule has 0 fully saturated rings. The number of benzene rings is 2. The van der Waals surface area contributed by atoms with Crippen LogP contribution in [0.4, 0.5) is 4.79 Å². The van der Waals surface area contributed by atoms with Gasteiger partial charge in [-0.1, -0.05) is 53.2 Å². The van der Waals surface area contributed by atoms with Crippen LogP contribution < -0.4 is 10.1 Å². The van der Waals surface area contributed by atoms with Gasteiger partial charge < -0.3 is 14.6 Å². The first-order valence-corrected chi connectivity index (χ1v) is 9.96. The van der Waals surface area contributed by atoms with Crippen LogP contribution in [0.25, 0.3) is 17.0 Å². The number of hydrogen-bond acceptors (Lipinski definition) is 5. The lowest BCUT2D eigenvalue weighted by Gasteiger charge is -2.34. The van der Waals surface area contributed by atoms with Crippen molar-refractivity contribution in [3.05, 3.63) is 83.9 Å². The molecule has 0 spiro atoms. The van der Waals surface area contributed by atoms with Crippen molar-refractivity contribution >= 4 is 11.6 Å². The fourth-order valence-corrected chi connectivity index (χ4v) is 3.63. The highest BCUT2D eigenvalue weighted by Crippen LogP contribution is 2.38. The normalized spacial score (nSPS) is 16.3. The van der Waals surface area contributed by atoms with Crippen LogP contribution in [-0.4, -0.2) is 34.7 Å². The van der Waals surface area contributed by atoms with E-state index < -0.39 is 6.04 Å². The van der Waals surface area contributed by atoms with Gasteiger partial charge in [-0.05, 0) is 31.5 Å². The van der Waals surface area contributed by atoms with Crippen LogP contribution >= 0.6 is 0 Å². The topological polar surface area (TPSA) is 80.5 Å². The van der Waals surface area contributed by atoms with E-state index in [1.165, 1.54) is 0 Å². The van der Waals surface area contributed by atoms with Crippen LogP contribution in [0, 0.1) is 6.92 Å². The van der Waals surface area contributed by atoms with E-state index in [0.29, 0.717) is 24.0 Å². The smallest absolute Gasteiger partial charge is 0.322 e. The summed E-state index contributed by atoms with van der Waals surface area (Å²) < 4.78 is 11.0. The van der Waals surface area contributed by atoms with Crippen molar-refractivity contribution in [3.8, 4) is 17.1 Å². The second kappa shape index (κ2) is 8.47. The highest BCUT2D eigenvalue weighted by atomic mass is 16.5. The maximum atomic E-state index is 12.8. The number of rotatable bonds is 6. The molecular formula is C24H24N4O3. The first-order valence-electron chi connectivity index (χ1n) is 9.96. The number of aromatic nitrogens is 2. The molecule has 1 atom stereocenters. The highest BCUT2D eigenvalue weighted by Gasteiger charge is 2.35. The minimum atomic E-state index is -0.463. The number of methoxy groups -OCH3 is 1. The molecule has 2 aromatic carbocycles. The number of nitrogens with zero attached hydrogens (tertiary/aromatic N) is 3. The predicted octanol–water partition coefficient (Wildman–Crippen LogP) is 4.74. The summed E-state index contributed by atoms with van der Waals surface area (Å²) in [4.78, 5) is 19.1. The molecule has 1 aliphatic rings. The van der Waals surface area contributed by atoms with Crippen LogP contribution in [-0.2, 0) is 0 Å². The Kier molecular flexibility index (Phi) is 5.58. The van der Waals surface area contributed by atoms with E-state index in [4.69, 9.17) is 9.26 Å². The van der Waals surface area contributed by atoms with Gasteiger partial charge in [-0.15, -0.1) is 6.58 Å². The van der Waals surface area contributed by atoms with E-state index in [1.807, 2.05) is 62.4 Å². The van der Waals surface area contributed by atoms with E-state index >= 15 is 0 Å². The second-order valence-electron chi connectivity index (χ2n) is 7.35. The number of ether oxygens (including phenoxy) is 1. The lowest BCUT2D eigenvalue weighted by molar-refractivity contribution is 0.209. The van der Waals surface area contributed by atoms with Gasteiger partial charge in [0.2, 0.25) is 5.82 Å². The molecule has 1 unspecified atom stereocenters. The average molecular weight is 416 g/mol. The van der Waals surface area contributed by atoms with Crippen LogP contribution in [0.5, 0.6) is 5.75 Å².